The van der Waals surface area contributed by atoms with E-state index in [0.29, 0.717) is 12.0 Å². The molecule has 1 aromatic heterocycles. The van der Waals surface area contributed by atoms with Crippen LogP contribution in [0.25, 0.3) is 0 Å². The van der Waals surface area contributed by atoms with Crippen molar-refractivity contribution in [3.63, 3.8) is 0 Å². The minimum Gasteiger partial charge on any atom is -0.327 e. The molecule has 0 saturated heterocycles. The van der Waals surface area contributed by atoms with Gasteiger partial charge >= 0.3 is 0 Å². The fraction of sp³-hybridized carbons (Fsp3) is 0.800. The van der Waals surface area contributed by atoms with E-state index in [1.807, 2.05) is 10.9 Å². The first-order chi connectivity index (χ1) is 6.83. The quantitative estimate of drug-likeness (QED) is 0.788. The van der Waals surface area contributed by atoms with Gasteiger partial charge in [-0.15, -0.1) is 5.10 Å². The molecule has 2 atom stereocenters. The molecule has 2 rings (SSSR count). The van der Waals surface area contributed by atoms with Gasteiger partial charge in [-0.05, 0) is 19.3 Å². The van der Waals surface area contributed by atoms with Gasteiger partial charge in [-0.25, -0.2) is 4.68 Å². The first-order valence-electron chi connectivity index (χ1n) is 5.47. The molecule has 0 aromatic carbocycles. The van der Waals surface area contributed by atoms with Gasteiger partial charge in [0.25, 0.3) is 0 Å². The Balaban J connectivity index is 2.17. The summed E-state index contributed by atoms with van der Waals surface area (Å²) in [6.07, 6.45) is 6.55. The second-order valence-electron chi connectivity index (χ2n) is 4.08. The average Bonchev–Trinajstić information content (AvgIpc) is 2.74. The summed E-state index contributed by atoms with van der Waals surface area (Å²) >= 11 is 0. The van der Waals surface area contributed by atoms with Crippen LogP contribution < -0.4 is 5.73 Å². The van der Waals surface area contributed by atoms with Gasteiger partial charge in [0.2, 0.25) is 0 Å². The number of aryl methyl sites for hydroxylation is 1. The molecular formula is C10H18N4. The van der Waals surface area contributed by atoms with Crippen molar-refractivity contribution in [1.29, 1.82) is 0 Å². The summed E-state index contributed by atoms with van der Waals surface area (Å²) in [4.78, 5) is 0. The highest BCUT2D eigenvalue weighted by atomic mass is 15.4. The van der Waals surface area contributed by atoms with Crippen LogP contribution in [-0.2, 0) is 6.54 Å². The van der Waals surface area contributed by atoms with E-state index >= 15 is 0 Å². The monoisotopic (exact) mass is 194 g/mol. The standard InChI is InChI=1S/C10H18N4/c1-2-6-14-10(7-12-13-14)8-4-3-5-9(8)11/h7-9H,2-6,11H2,1H3. The van der Waals surface area contributed by atoms with Crippen molar-refractivity contribution in [1.82, 2.24) is 15.0 Å². The molecule has 1 saturated carbocycles. The Morgan fingerprint density at radius 1 is 1.57 bits per heavy atom. The third-order valence-electron chi connectivity index (χ3n) is 3.03. The first-order valence-corrected chi connectivity index (χ1v) is 5.47. The van der Waals surface area contributed by atoms with E-state index in [9.17, 15) is 0 Å². The first kappa shape index (κ1) is 9.65. The molecule has 2 N–H and O–H groups in total. The summed E-state index contributed by atoms with van der Waals surface area (Å²) in [5.74, 6) is 0.483. The highest BCUT2D eigenvalue weighted by Gasteiger charge is 2.28. The Kier molecular flexibility index (Phi) is 2.82. The minimum absolute atomic E-state index is 0.309. The Bertz CT molecular complexity index is 294. The summed E-state index contributed by atoms with van der Waals surface area (Å²) < 4.78 is 2.01. The molecular weight excluding hydrogens is 176 g/mol. The van der Waals surface area contributed by atoms with Crippen molar-refractivity contribution in [3.8, 4) is 0 Å². The van der Waals surface area contributed by atoms with Gasteiger partial charge in [0.1, 0.15) is 0 Å². The molecule has 0 bridgehead atoms. The maximum Gasteiger partial charge on any atom is 0.0728 e. The summed E-state index contributed by atoms with van der Waals surface area (Å²) in [6, 6.07) is 0.309. The molecule has 1 aromatic rings. The molecule has 2 unspecified atom stereocenters. The Morgan fingerprint density at radius 2 is 2.43 bits per heavy atom. The van der Waals surface area contributed by atoms with Crippen molar-refractivity contribution in [3.05, 3.63) is 11.9 Å². The van der Waals surface area contributed by atoms with Crippen molar-refractivity contribution in [2.24, 2.45) is 5.73 Å². The lowest BCUT2D eigenvalue weighted by Gasteiger charge is -2.15. The van der Waals surface area contributed by atoms with Gasteiger partial charge in [-0.1, -0.05) is 18.6 Å². The maximum atomic E-state index is 6.07. The molecule has 1 aliphatic carbocycles. The van der Waals surface area contributed by atoms with Crippen molar-refractivity contribution in [2.75, 3.05) is 0 Å². The number of hydrogen-bond donors (Lipinski definition) is 1. The lowest BCUT2D eigenvalue weighted by Crippen LogP contribution is -2.24. The SMILES string of the molecule is CCCn1nncc1C1CCCC1N. The van der Waals surface area contributed by atoms with E-state index < -0.39 is 0 Å². The van der Waals surface area contributed by atoms with Crippen LogP contribution >= 0.6 is 0 Å². The van der Waals surface area contributed by atoms with Crippen LogP contribution in [0.15, 0.2) is 6.20 Å². The van der Waals surface area contributed by atoms with Crippen LogP contribution in [0.5, 0.6) is 0 Å². The molecule has 14 heavy (non-hydrogen) atoms. The molecule has 0 aliphatic heterocycles. The van der Waals surface area contributed by atoms with Gasteiger partial charge in [0, 0.05) is 18.5 Å². The van der Waals surface area contributed by atoms with E-state index in [4.69, 9.17) is 5.73 Å². The average molecular weight is 194 g/mol. The lowest BCUT2D eigenvalue weighted by atomic mass is 10.0. The number of nitrogens with two attached hydrogens (primary N) is 1. The fourth-order valence-electron chi connectivity index (χ4n) is 2.29. The van der Waals surface area contributed by atoms with E-state index in [-0.39, 0.29) is 0 Å². The van der Waals surface area contributed by atoms with Crippen LogP contribution in [0.1, 0.15) is 44.2 Å². The van der Waals surface area contributed by atoms with Crippen LogP contribution in [-0.4, -0.2) is 21.0 Å². The summed E-state index contributed by atoms with van der Waals surface area (Å²) in [5.41, 5.74) is 7.30. The molecule has 4 heteroatoms. The predicted octanol–water partition coefficient (Wildman–Crippen LogP) is 1.28. The molecule has 0 amide bonds. The Labute approximate surface area is 84.5 Å². The topological polar surface area (TPSA) is 56.7 Å². The third kappa shape index (κ3) is 1.66. The zero-order valence-electron chi connectivity index (χ0n) is 8.69. The lowest BCUT2D eigenvalue weighted by molar-refractivity contribution is 0.504. The third-order valence-corrected chi connectivity index (χ3v) is 3.03. The number of nitrogens with zero attached hydrogens (tertiary/aromatic N) is 3. The van der Waals surface area contributed by atoms with Crippen molar-refractivity contribution < 1.29 is 0 Å². The minimum atomic E-state index is 0.309. The normalized spacial score (nSPS) is 27.0. The zero-order valence-corrected chi connectivity index (χ0v) is 8.69. The van der Waals surface area contributed by atoms with Crippen LogP contribution in [0.3, 0.4) is 0 Å². The summed E-state index contributed by atoms with van der Waals surface area (Å²) in [7, 11) is 0. The molecule has 4 nitrogen and oxygen atoms in total. The fourth-order valence-corrected chi connectivity index (χ4v) is 2.29. The summed E-state index contributed by atoms with van der Waals surface area (Å²) in [5, 5.41) is 8.07. The molecule has 0 spiro atoms. The molecule has 78 valence electrons. The van der Waals surface area contributed by atoms with Crippen molar-refractivity contribution in [2.45, 2.75) is 51.1 Å². The highest BCUT2D eigenvalue weighted by molar-refractivity contribution is 5.09. The van der Waals surface area contributed by atoms with Gasteiger partial charge in [0.15, 0.2) is 0 Å². The van der Waals surface area contributed by atoms with Gasteiger partial charge in [0.05, 0.1) is 11.9 Å². The van der Waals surface area contributed by atoms with E-state index in [0.717, 1.165) is 19.4 Å². The van der Waals surface area contributed by atoms with E-state index in [2.05, 4.69) is 17.2 Å². The second kappa shape index (κ2) is 4.09. The van der Waals surface area contributed by atoms with Gasteiger partial charge in [-0.2, -0.15) is 0 Å². The smallest absolute Gasteiger partial charge is 0.0728 e. The Morgan fingerprint density at radius 3 is 3.07 bits per heavy atom. The molecule has 0 radical (unpaired) electrons. The van der Waals surface area contributed by atoms with Crippen LogP contribution in [0.2, 0.25) is 0 Å². The second-order valence-corrected chi connectivity index (χ2v) is 4.08. The van der Waals surface area contributed by atoms with E-state index in [1.54, 1.807) is 0 Å². The molecule has 1 aliphatic rings. The van der Waals surface area contributed by atoms with E-state index in [1.165, 1.54) is 18.5 Å². The Hall–Kier alpha value is -0.900. The largest absolute Gasteiger partial charge is 0.327 e. The zero-order chi connectivity index (χ0) is 9.97. The number of hydrogen-bond acceptors (Lipinski definition) is 3. The highest BCUT2D eigenvalue weighted by Crippen LogP contribution is 2.32. The maximum absolute atomic E-state index is 6.07. The van der Waals surface area contributed by atoms with Gasteiger partial charge < -0.3 is 5.73 Å². The summed E-state index contributed by atoms with van der Waals surface area (Å²) in [6.45, 7) is 3.11. The predicted molar refractivity (Wildman–Crippen MR) is 54.9 cm³/mol. The van der Waals surface area contributed by atoms with Crippen molar-refractivity contribution >= 4 is 0 Å². The number of aromatic nitrogens is 3. The molecule has 1 fully saturated rings. The number of rotatable bonds is 3. The van der Waals surface area contributed by atoms with Crippen LogP contribution in [0.4, 0.5) is 0 Å². The molecule has 1 heterocycles. The van der Waals surface area contributed by atoms with Crippen LogP contribution in [0, 0.1) is 0 Å². The van der Waals surface area contributed by atoms with Gasteiger partial charge in [-0.3, -0.25) is 0 Å².